The SMILES string of the molecule is CCOc1cc2c(cc1OC)C(c1cnc(SC)nc1)=N[C@@H]1CC[C@@H](O)C(OC(CC(=O)O)(CC(=O)O)C(=O)O)[C@H]21. The van der Waals surface area contributed by atoms with E-state index in [1.807, 2.05) is 6.26 Å². The number of aromatic nitrogens is 2. The Labute approximate surface area is 239 Å². The number of hydrogen-bond acceptors (Lipinski definition) is 11. The van der Waals surface area contributed by atoms with Crippen LogP contribution in [0.5, 0.6) is 11.5 Å². The molecule has 0 bridgehead atoms. The maximum atomic E-state index is 12.4. The molecule has 1 unspecified atom stereocenters. The number of thioether (sulfide) groups is 1. The van der Waals surface area contributed by atoms with Gasteiger partial charge in [0.1, 0.15) is 0 Å². The van der Waals surface area contributed by atoms with Gasteiger partial charge in [-0.2, -0.15) is 0 Å². The number of ether oxygens (including phenoxy) is 3. The second-order valence-corrected chi connectivity index (χ2v) is 10.5. The lowest BCUT2D eigenvalue weighted by Gasteiger charge is -2.45. The first-order valence-electron chi connectivity index (χ1n) is 12.9. The zero-order chi connectivity index (χ0) is 29.9. The van der Waals surface area contributed by atoms with Crippen molar-refractivity contribution < 1.29 is 49.0 Å². The highest BCUT2D eigenvalue weighted by molar-refractivity contribution is 7.98. The van der Waals surface area contributed by atoms with Gasteiger partial charge in [0, 0.05) is 29.4 Å². The van der Waals surface area contributed by atoms with E-state index >= 15 is 0 Å². The van der Waals surface area contributed by atoms with Crippen molar-refractivity contribution in [2.24, 2.45) is 4.99 Å². The lowest BCUT2D eigenvalue weighted by Crippen LogP contribution is -2.55. The van der Waals surface area contributed by atoms with Gasteiger partial charge in [0.15, 0.2) is 22.3 Å². The van der Waals surface area contributed by atoms with Crippen LogP contribution in [0.4, 0.5) is 0 Å². The summed E-state index contributed by atoms with van der Waals surface area (Å²) in [4.78, 5) is 49.4. The van der Waals surface area contributed by atoms with Gasteiger partial charge in [0.05, 0.1) is 50.5 Å². The van der Waals surface area contributed by atoms with Gasteiger partial charge in [-0.05, 0) is 43.7 Å². The molecule has 2 aliphatic rings. The van der Waals surface area contributed by atoms with Crippen LogP contribution in [0.25, 0.3) is 0 Å². The fourth-order valence-corrected chi connectivity index (χ4v) is 5.73. The third-order valence-electron chi connectivity index (χ3n) is 7.16. The van der Waals surface area contributed by atoms with Crippen molar-refractivity contribution in [3.05, 3.63) is 41.2 Å². The first-order chi connectivity index (χ1) is 19.5. The van der Waals surface area contributed by atoms with Gasteiger partial charge >= 0.3 is 17.9 Å². The molecule has 13 nitrogen and oxygen atoms in total. The van der Waals surface area contributed by atoms with E-state index in [4.69, 9.17) is 19.2 Å². The Morgan fingerprint density at radius 1 is 1.05 bits per heavy atom. The fourth-order valence-electron chi connectivity index (χ4n) is 5.41. The Kier molecular flexibility index (Phi) is 9.14. The van der Waals surface area contributed by atoms with Crippen molar-refractivity contribution in [1.82, 2.24) is 9.97 Å². The van der Waals surface area contributed by atoms with Crippen LogP contribution in [0.3, 0.4) is 0 Å². The van der Waals surface area contributed by atoms with Gasteiger partial charge in [-0.1, -0.05) is 11.8 Å². The summed E-state index contributed by atoms with van der Waals surface area (Å²) in [6.07, 6.45) is 0.917. The van der Waals surface area contributed by atoms with E-state index < -0.39 is 60.5 Å². The van der Waals surface area contributed by atoms with E-state index in [1.165, 1.54) is 18.9 Å². The molecule has 4 rings (SSSR count). The number of carboxylic acid groups (broad SMARTS) is 3. The number of carboxylic acids is 3. The number of hydrogen-bond donors (Lipinski definition) is 4. The summed E-state index contributed by atoms with van der Waals surface area (Å²) >= 11 is 1.38. The molecule has 41 heavy (non-hydrogen) atoms. The molecule has 0 spiro atoms. The van der Waals surface area contributed by atoms with Crippen LogP contribution in [0.2, 0.25) is 0 Å². The minimum atomic E-state index is -2.63. The Hall–Kier alpha value is -3.75. The number of rotatable bonds is 12. The summed E-state index contributed by atoms with van der Waals surface area (Å²) in [5, 5.41) is 40.7. The lowest BCUT2D eigenvalue weighted by atomic mass is 9.72. The van der Waals surface area contributed by atoms with E-state index in [1.54, 1.807) is 31.5 Å². The minimum absolute atomic E-state index is 0.157. The first kappa shape index (κ1) is 30.2. The molecule has 0 radical (unpaired) electrons. The highest BCUT2D eigenvalue weighted by atomic mass is 32.2. The van der Waals surface area contributed by atoms with Gasteiger partial charge in [-0.3, -0.25) is 14.6 Å². The van der Waals surface area contributed by atoms with Gasteiger partial charge in [-0.25, -0.2) is 14.8 Å². The average Bonchev–Trinajstić information content (AvgIpc) is 2.93. The maximum absolute atomic E-state index is 12.4. The monoisotopic (exact) mass is 589 g/mol. The molecule has 220 valence electrons. The summed E-state index contributed by atoms with van der Waals surface area (Å²) in [6.45, 7) is 2.12. The summed E-state index contributed by atoms with van der Waals surface area (Å²) in [7, 11) is 1.48. The van der Waals surface area contributed by atoms with E-state index in [0.717, 1.165) is 0 Å². The molecule has 4 atom stereocenters. The van der Waals surface area contributed by atoms with Gasteiger partial charge in [0.25, 0.3) is 0 Å². The van der Waals surface area contributed by atoms with E-state index in [0.29, 0.717) is 52.1 Å². The molecule has 14 heteroatoms. The number of aliphatic hydroxyl groups is 1. The zero-order valence-electron chi connectivity index (χ0n) is 22.6. The molecule has 0 saturated heterocycles. The maximum Gasteiger partial charge on any atom is 0.337 e. The van der Waals surface area contributed by atoms with Crippen molar-refractivity contribution in [3.63, 3.8) is 0 Å². The highest BCUT2D eigenvalue weighted by Gasteiger charge is 2.52. The van der Waals surface area contributed by atoms with Crippen molar-refractivity contribution in [1.29, 1.82) is 0 Å². The number of benzene rings is 1. The molecule has 1 fully saturated rings. The average molecular weight is 590 g/mol. The number of nitrogens with zero attached hydrogens (tertiary/aromatic N) is 3. The Morgan fingerprint density at radius 2 is 1.71 bits per heavy atom. The minimum Gasteiger partial charge on any atom is -0.493 e. The molecular weight excluding hydrogens is 558 g/mol. The first-order valence-corrected chi connectivity index (χ1v) is 14.1. The van der Waals surface area contributed by atoms with Crippen molar-refractivity contribution in [2.45, 2.75) is 67.5 Å². The third-order valence-corrected chi connectivity index (χ3v) is 7.74. The number of aliphatic carboxylic acids is 3. The number of methoxy groups -OCH3 is 1. The standard InChI is InChI=1S/C27H31N3O10S/c1-4-39-19-7-14-15(8-18(19)38-2)23(13-11-28-26(41-3)29-12-13)30-16-5-6-17(31)24(22(14)16)40-27(25(36)37,9-20(32)33)10-21(34)35/h7-8,11-12,16-17,22,24,31H,4-6,9-10H2,1-3H3,(H,32,33)(H,34,35)(H,36,37)/t16-,17-,22-,24?/m1/s1. The summed E-state index contributed by atoms with van der Waals surface area (Å²) in [5.74, 6) is -4.84. The molecule has 2 aromatic rings. The molecule has 4 N–H and O–H groups in total. The second-order valence-electron chi connectivity index (χ2n) is 9.72. The molecule has 1 aliphatic carbocycles. The predicted octanol–water partition coefficient (Wildman–Crippen LogP) is 2.22. The Morgan fingerprint density at radius 3 is 2.24 bits per heavy atom. The lowest BCUT2D eigenvalue weighted by molar-refractivity contribution is -0.201. The normalized spacial score (nSPS) is 21.7. The topological polar surface area (TPSA) is 198 Å². The predicted molar refractivity (Wildman–Crippen MR) is 145 cm³/mol. The molecular formula is C27H31N3O10S. The second kappa shape index (κ2) is 12.4. The van der Waals surface area contributed by atoms with Crippen LogP contribution in [0.15, 0.2) is 34.7 Å². The van der Waals surface area contributed by atoms with Gasteiger partial charge < -0.3 is 34.6 Å². The smallest absolute Gasteiger partial charge is 0.337 e. The fraction of sp³-hybridized carbons (Fsp3) is 0.481. The molecule has 1 saturated carbocycles. The largest absolute Gasteiger partial charge is 0.493 e. The van der Waals surface area contributed by atoms with Crippen molar-refractivity contribution in [3.8, 4) is 11.5 Å². The van der Waals surface area contributed by atoms with Gasteiger partial charge in [-0.15, -0.1) is 0 Å². The van der Waals surface area contributed by atoms with E-state index in [9.17, 15) is 34.8 Å². The Balaban J connectivity index is 1.90. The number of aliphatic imine (C=N–C) groups is 1. The van der Waals surface area contributed by atoms with Crippen molar-refractivity contribution in [2.75, 3.05) is 20.0 Å². The third kappa shape index (κ3) is 6.14. The highest BCUT2D eigenvalue weighted by Crippen LogP contribution is 2.47. The van der Waals surface area contributed by atoms with E-state index in [-0.39, 0.29) is 6.42 Å². The number of fused-ring (bicyclic) bond motifs is 3. The van der Waals surface area contributed by atoms with Crippen LogP contribution in [0, 0.1) is 0 Å². The van der Waals surface area contributed by atoms with Crippen LogP contribution in [-0.2, 0) is 19.1 Å². The van der Waals surface area contributed by atoms with Crippen LogP contribution < -0.4 is 9.47 Å². The quantitative estimate of drug-likeness (QED) is 0.208. The molecule has 1 aliphatic heterocycles. The zero-order valence-corrected chi connectivity index (χ0v) is 23.5. The van der Waals surface area contributed by atoms with Crippen LogP contribution >= 0.6 is 11.8 Å². The van der Waals surface area contributed by atoms with Crippen molar-refractivity contribution >= 4 is 35.4 Å². The van der Waals surface area contributed by atoms with Crippen LogP contribution in [-0.4, -0.2) is 97.8 Å². The summed E-state index contributed by atoms with van der Waals surface area (Å²) < 4.78 is 17.3. The number of aliphatic hydroxyl groups excluding tert-OH is 1. The van der Waals surface area contributed by atoms with Crippen LogP contribution in [0.1, 0.15) is 55.2 Å². The summed E-state index contributed by atoms with van der Waals surface area (Å²) in [5.41, 5.74) is -0.301. The summed E-state index contributed by atoms with van der Waals surface area (Å²) in [6, 6.07) is 2.90. The van der Waals surface area contributed by atoms with E-state index in [2.05, 4.69) is 9.97 Å². The molecule has 1 aromatic heterocycles. The molecule has 0 amide bonds. The number of carbonyl (C=O) groups is 3. The molecule has 2 heterocycles. The Bertz CT molecular complexity index is 1330. The molecule has 1 aromatic carbocycles. The van der Waals surface area contributed by atoms with Gasteiger partial charge in [0.2, 0.25) is 0 Å².